The van der Waals surface area contributed by atoms with Gasteiger partial charge in [0.25, 0.3) is 0 Å². The Morgan fingerprint density at radius 1 is 1.08 bits per heavy atom. The second kappa shape index (κ2) is 9.71. The minimum absolute atomic E-state index is 0.00834. The molecule has 0 spiro atoms. The van der Waals surface area contributed by atoms with Gasteiger partial charge in [-0.25, -0.2) is 0 Å². The van der Waals surface area contributed by atoms with Crippen molar-refractivity contribution in [1.29, 1.82) is 0 Å². The van der Waals surface area contributed by atoms with Gasteiger partial charge in [-0.1, -0.05) is 71.4 Å². The molecular weight excluding hydrogens is 312 g/mol. The minimum atomic E-state index is -0.0606. The van der Waals surface area contributed by atoms with Crippen LogP contribution in [-0.4, -0.2) is 36.3 Å². The summed E-state index contributed by atoms with van der Waals surface area (Å²) in [6.45, 7) is 11.0. The summed E-state index contributed by atoms with van der Waals surface area (Å²) in [4.78, 5) is 26.3. The first-order valence-corrected chi connectivity index (χ1v) is 9.29. The molecule has 1 saturated heterocycles. The van der Waals surface area contributed by atoms with Gasteiger partial charge in [-0.05, 0) is 18.0 Å². The molecule has 2 amide bonds. The molecule has 1 aliphatic heterocycles. The third-order valence-electron chi connectivity index (χ3n) is 4.47. The number of piperidine rings is 1. The van der Waals surface area contributed by atoms with Gasteiger partial charge in [0, 0.05) is 31.3 Å². The van der Waals surface area contributed by atoms with Crippen LogP contribution in [0.25, 0.3) is 0 Å². The minimum Gasteiger partial charge on any atom is -0.315 e. The van der Waals surface area contributed by atoms with Crippen LogP contribution in [0.3, 0.4) is 0 Å². The summed E-state index contributed by atoms with van der Waals surface area (Å²) in [7, 11) is 1.88. The standard InChI is InChI=1S/C18H26N2O2.C3H8/c1-18(2,3)15(19-4)12-20-16(21)10-14(11-17(20)22)13-8-6-5-7-9-13;1-3-2/h5-9,14-15,19H,10-12H2,1-4H3;3H2,1-2H3. The zero-order chi connectivity index (χ0) is 19.0. The topological polar surface area (TPSA) is 49.4 Å². The van der Waals surface area contributed by atoms with E-state index >= 15 is 0 Å². The van der Waals surface area contributed by atoms with Crippen LogP contribution >= 0.6 is 0 Å². The number of hydrogen-bond acceptors (Lipinski definition) is 3. The number of carbonyl (C=O) groups is 2. The van der Waals surface area contributed by atoms with Crippen molar-refractivity contribution in [2.24, 2.45) is 5.41 Å². The van der Waals surface area contributed by atoms with Crippen LogP contribution < -0.4 is 5.32 Å². The molecule has 0 saturated carbocycles. The van der Waals surface area contributed by atoms with E-state index in [1.807, 2.05) is 37.4 Å². The van der Waals surface area contributed by atoms with Gasteiger partial charge in [0.1, 0.15) is 0 Å². The van der Waals surface area contributed by atoms with Crippen molar-refractivity contribution in [1.82, 2.24) is 10.2 Å². The van der Waals surface area contributed by atoms with Crippen LogP contribution in [0, 0.1) is 5.41 Å². The van der Waals surface area contributed by atoms with Crippen LogP contribution in [0.5, 0.6) is 0 Å². The number of hydrogen-bond donors (Lipinski definition) is 1. The summed E-state index contributed by atoms with van der Waals surface area (Å²) in [5.41, 5.74) is 1.07. The van der Waals surface area contributed by atoms with Gasteiger partial charge >= 0.3 is 0 Å². The summed E-state index contributed by atoms with van der Waals surface area (Å²) in [6, 6.07) is 9.93. The van der Waals surface area contributed by atoms with E-state index in [1.165, 1.54) is 11.3 Å². The number of carbonyl (C=O) groups excluding carboxylic acids is 2. The molecule has 4 nitrogen and oxygen atoms in total. The van der Waals surface area contributed by atoms with Crippen molar-refractivity contribution in [2.75, 3.05) is 13.6 Å². The molecule has 1 heterocycles. The molecule has 4 heteroatoms. The number of nitrogens with zero attached hydrogens (tertiary/aromatic N) is 1. The molecule has 1 fully saturated rings. The van der Waals surface area contributed by atoms with E-state index in [-0.39, 0.29) is 29.2 Å². The lowest BCUT2D eigenvalue weighted by atomic mass is 9.84. The van der Waals surface area contributed by atoms with Crippen LogP contribution in [-0.2, 0) is 9.59 Å². The Balaban J connectivity index is 0.000000970. The third-order valence-corrected chi connectivity index (χ3v) is 4.47. The summed E-state index contributed by atoms with van der Waals surface area (Å²) < 4.78 is 0. The van der Waals surface area contributed by atoms with Gasteiger partial charge in [-0.15, -0.1) is 0 Å². The number of rotatable bonds is 4. The first-order chi connectivity index (χ1) is 11.7. The van der Waals surface area contributed by atoms with Crippen LogP contribution in [0.15, 0.2) is 30.3 Å². The highest BCUT2D eigenvalue weighted by atomic mass is 16.2. The number of imide groups is 1. The van der Waals surface area contributed by atoms with Gasteiger partial charge < -0.3 is 5.32 Å². The van der Waals surface area contributed by atoms with E-state index in [2.05, 4.69) is 39.9 Å². The van der Waals surface area contributed by atoms with Gasteiger partial charge in [0.2, 0.25) is 11.8 Å². The second-order valence-electron chi connectivity index (χ2n) is 7.83. The van der Waals surface area contributed by atoms with Gasteiger partial charge in [-0.3, -0.25) is 14.5 Å². The molecular formula is C21H34N2O2. The Hall–Kier alpha value is -1.68. The van der Waals surface area contributed by atoms with E-state index < -0.39 is 0 Å². The molecule has 1 N–H and O–H groups in total. The average Bonchev–Trinajstić information content (AvgIpc) is 2.54. The highest BCUT2D eigenvalue weighted by Gasteiger charge is 2.36. The van der Waals surface area contributed by atoms with Crippen molar-refractivity contribution in [2.45, 2.75) is 65.8 Å². The molecule has 0 radical (unpaired) electrons. The number of likely N-dealkylation sites (N-methyl/N-ethyl adjacent to an activating group) is 1. The lowest BCUT2D eigenvalue weighted by Gasteiger charge is -2.37. The normalized spacial score (nSPS) is 17.1. The quantitative estimate of drug-likeness (QED) is 0.839. The number of benzene rings is 1. The van der Waals surface area contributed by atoms with Crippen molar-refractivity contribution in [3.05, 3.63) is 35.9 Å². The molecule has 1 unspecified atom stereocenters. The van der Waals surface area contributed by atoms with Gasteiger partial charge in [-0.2, -0.15) is 0 Å². The molecule has 2 rings (SSSR count). The summed E-state index contributed by atoms with van der Waals surface area (Å²) in [5, 5.41) is 3.23. The van der Waals surface area contributed by atoms with Crippen molar-refractivity contribution >= 4 is 11.8 Å². The lowest BCUT2D eigenvalue weighted by molar-refractivity contribution is -0.149. The first kappa shape index (κ1) is 21.4. The number of likely N-dealkylation sites (tertiary alicyclic amines) is 1. The molecule has 0 bridgehead atoms. The van der Waals surface area contributed by atoms with Gasteiger partial charge in [0.05, 0.1) is 0 Å². The summed E-state index contributed by atoms with van der Waals surface area (Å²) >= 11 is 0. The number of nitrogens with one attached hydrogen (secondary N) is 1. The maximum atomic E-state index is 12.4. The molecule has 25 heavy (non-hydrogen) atoms. The van der Waals surface area contributed by atoms with Crippen LogP contribution in [0.4, 0.5) is 0 Å². The highest BCUT2D eigenvalue weighted by Crippen LogP contribution is 2.30. The first-order valence-electron chi connectivity index (χ1n) is 9.29. The lowest BCUT2D eigenvalue weighted by Crippen LogP contribution is -2.52. The fourth-order valence-electron chi connectivity index (χ4n) is 3.00. The molecule has 140 valence electrons. The molecule has 1 aromatic carbocycles. The summed E-state index contributed by atoms with van der Waals surface area (Å²) in [5.74, 6) is -0.107. The largest absolute Gasteiger partial charge is 0.315 e. The van der Waals surface area contributed by atoms with E-state index in [4.69, 9.17) is 0 Å². The Bertz CT molecular complexity index is 531. The predicted octanol–water partition coefficient (Wildman–Crippen LogP) is 3.97. The van der Waals surface area contributed by atoms with Crippen LogP contribution in [0.2, 0.25) is 0 Å². The zero-order valence-corrected chi connectivity index (χ0v) is 16.6. The number of amides is 2. The fraction of sp³-hybridized carbons (Fsp3) is 0.619. The average molecular weight is 347 g/mol. The Kier molecular flexibility index (Phi) is 8.30. The van der Waals surface area contributed by atoms with Crippen molar-refractivity contribution in [3.8, 4) is 0 Å². The monoisotopic (exact) mass is 346 g/mol. The van der Waals surface area contributed by atoms with Gasteiger partial charge in [0.15, 0.2) is 0 Å². The highest BCUT2D eigenvalue weighted by molar-refractivity contribution is 5.98. The fourth-order valence-corrected chi connectivity index (χ4v) is 3.00. The molecule has 1 atom stereocenters. The second-order valence-corrected chi connectivity index (χ2v) is 7.83. The Morgan fingerprint density at radius 3 is 1.96 bits per heavy atom. The van der Waals surface area contributed by atoms with E-state index in [0.717, 1.165) is 5.56 Å². The summed E-state index contributed by atoms with van der Waals surface area (Å²) in [6.07, 6.45) is 2.08. The predicted molar refractivity (Wildman–Crippen MR) is 103 cm³/mol. The van der Waals surface area contributed by atoms with Crippen LogP contribution in [0.1, 0.15) is 65.4 Å². The Morgan fingerprint density at radius 2 is 1.56 bits per heavy atom. The maximum absolute atomic E-state index is 12.4. The molecule has 1 aliphatic rings. The molecule has 1 aromatic rings. The van der Waals surface area contributed by atoms with E-state index in [1.54, 1.807) is 0 Å². The Labute approximate surface area is 153 Å². The van der Waals surface area contributed by atoms with E-state index in [9.17, 15) is 9.59 Å². The van der Waals surface area contributed by atoms with Crippen molar-refractivity contribution < 1.29 is 9.59 Å². The molecule has 0 aromatic heterocycles. The maximum Gasteiger partial charge on any atom is 0.229 e. The SMILES string of the molecule is CCC.CNC(CN1C(=O)CC(c2ccccc2)CC1=O)C(C)(C)C. The smallest absolute Gasteiger partial charge is 0.229 e. The third kappa shape index (κ3) is 6.28. The van der Waals surface area contributed by atoms with E-state index in [0.29, 0.717) is 19.4 Å². The van der Waals surface area contributed by atoms with Crippen molar-refractivity contribution in [3.63, 3.8) is 0 Å². The molecule has 0 aliphatic carbocycles. The zero-order valence-electron chi connectivity index (χ0n) is 16.6.